The summed E-state index contributed by atoms with van der Waals surface area (Å²) in [5.74, 6) is 0. The fourth-order valence-corrected chi connectivity index (χ4v) is 0. The molecule has 0 aliphatic rings. The van der Waals surface area contributed by atoms with Crippen LogP contribution in [0.25, 0.3) is 0 Å². The van der Waals surface area contributed by atoms with Gasteiger partial charge in [0.1, 0.15) is 0 Å². The Morgan fingerprint density at radius 2 is 0.833 bits per heavy atom. The van der Waals surface area contributed by atoms with Crippen LogP contribution in [0.5, 0.6) is 0 Å². The van der Waals surface area contributed by atoms with Crippen molar-refractivity contribution in [1.82, 2.24) is 0 Å². The van der Waals surface area contributed by atoms with E-state index in [4.69, 9.17) is 15.5 Å². The average Bonchev–Trinajstić information content (AvgIpc) is 0.722. The number of hydrogen-bond acceptors (Lipinski definition) is 4. The molecule has 0 aromatic heterocycles. The maximum atomic E-state index is 7.38. The molecule has 0 fully saturated rings. The zero-order chi connectivity index (χ0) is 4.50. The molecule has 0 spiro atoms. The van der Waals surface area contributed by atoms with E-state index < -0.39 is 16.8 Å². The summed E-state index contributed by atoms with van der Waals surface area (Å²) in [6.45, 7) is 0. The van der Waals surface area contributed by atoms with Gasteiger partial charge in [-0.05, 0) is 0 Å². The second-order valence-electron chi connectivity index (χ2n) is 0.400. The van der Waals surface area contributed by atoms with Crippen LogP contribution in [0.4, 0.5) is 0 Å². The van der Waals surface area contributed by atoms with Gasteiger partial charge in [0, 0.05) is 17.1 Å². The van der Waals surface area contributed by atoms with E-state index in [1.807, 2.05) is 0 Å². The van der Waals surface area contributed by atoms with Crippen LogP contribution in [-0.4, -0.2) is 15.5 Å². The quantitative estimate of drug-likeness (QED) is 0.381. The van der Waals surface area contributed by atoms with Crippen LogP contribution in [0.3, 0.4) is 0 Å². The van der Waals surface area contributed by atoms with Crippen LogP contribution in [0.2, 0.25) is 0 Å². The van der Waals surface area contributed by atoms with Crippen molar-refractivity contribution in [3.8, 4) is 0 Å². The third kappa shape index (κ3) is 79.1. The molecule has 0 aliphatic carbocycles. The summed E-state index contributed by atoms with van der Waals surface area (Å²) < 4.78 is 29.5. The zero-order valence-electron chi connectivity index (χ0n) is 2.48. The van der Waals surface area contributed by atoms with Gasteiger partial charge in [-0.15, -0.1) is 0 Å². The monoisotopic (exact) mass is 317 g/mol. The summed E-state index contributed by atoms with van der Waals surface area (Å²) in [4.78, 5) is 0. The van der Waals surface area contributed by atoms with Gasteiger partial charge in [0.2, 0.25) is 0 Å². The molecule has 0 atom stereocenters. The van der Waals surface area contributed by atoms with Crippen molar-refractivity contribution < 1.29 is 49.3 Å². The predicted molar refractivity (Wildman–Crippen MR) is 8.88 cm³/mol. The minimum absolute atomic E-state index is 0. The van der Waals surface area contributed by atoms with Crippen LogP contribution in [0.15, 0.2) is 0 Å². The van der Waals surface area contributed by atoms with Gasteiger partial charge in [0.15, 0.2) is 0 Å². The molecule has 0 aliphatic heterocycles. The third-order valence-corrected chi connectivity index (χ3v) is 0. The van der Waals surface area contributed by atoms with Crippen LogP contribution in [0.1, 0.15) is 0 Å². The second kappa shape index (κ2) is 3.07. The van der Waals surface area contributed by atoms with Gasteiger partial charge in [-0.3, -0.25) is 0 Å². The van der Waals surface area contributed by atoms with Crippen molar-refractivity contribution in [2.24, 2.45) is 0 Å². The van der Waals surface area contributed by atoms with Crippen LogP contribution in [0, 0.1) is 0 Å². The molecule has 6 heteroatoms. The summed E-state index contributed by atoms with van der Waals surface area (Å²) in [6, 6.07) is 0. The number of hydrogen-bond donors (Lipinski definition) is 4. The van der Waals surface area contributed by atoms with Crippen molar-refractivity contribution in [1.29, 1.82) is 0 Å². The van der Waals surface area contributed by atoms with Crippen LogP contribution < -0.4 is 0 Å². The zero-order valence-corrected chi connectivity index (χ0v) is 5.98. The minimum atomic E-state index is -5.00. The van der Waals surface area contributed by atoms with Crippen LogP contribution in [-0.2, 0) is 33.8 Å². The summed E-state index contributed by atoms with van der Waals surface area (Å²) in [5, 5.41) is 0. The number of rotatable bonds is 0. The first kappa shape index (κ1) is 10.1. The van der Waals surface area contributed by atoms with Crippen LogP contribution >= 0.6 is 0 Å². The predicted octanol–water partition coefficient (Wildman–Crippen LogP) is -2.23. The Labute approximate surface area is 49.6 Å². The Balaban J connectivity index is 0. The Bertz CT molecular complexity index is 23.0. The average molecular weight is 316 g/mol. The normalized spacial score (nSPS) is 12.7. The van der Waals surface area contributed by atoms with Crippen molar-refractivity contribution in [3.63, 3.8) is 0 Å². The van der Waals surface area contributed by atoms with Gasteiger partial charge in [-0.2, -0.15) is 0 Å². The molecule has 0 amide bonds. The van der Waals surface area contributed by atoms with Gasteiger partial charge in [0.05, 0.1) is 0 Å². The van der Waals surface area contributed by atoms with E-state index in [1.54, 1.807) is 0 Å². The molecular weight excluding hydrogens is 312 g/mol. The van der Waals surface area contributed by atoms with Gasteiger partial charge in [-0.1, -0.05) is 0 Å². The van der Waals surface area contributed by atoms with Gasteiger partial charge >= 0.3 is 32.2 Å². The topological polar surface area (TPSA) is 80.9 Å². The molecule has 0 unspecified atom stereocenters. The van der Waals surface area contributed by atoms with Crippen molar-refractivity contribution in [2.75, 3.05) is 0 Å². The molecule has 0 radical (unpaired) electrons. The van der Waals surface area contributed by atoms with E-state index >= 15 is 0 Å². The molecule has 6 heavy (non-hydrogen) atoms. The molecule has 0 bridgehead atoms. The van der Waals surface area contributed by atoms with Crippen molar-refractivity contribution in [2.45, 2.75) is 0 Å². The summed E-state index contributed by atoms with van der Waals surface area (Å²) in [7, 11) is 0. The molecule has 0 saturated heterocycles. The molecule has 45 valence electrons. The standard InChI is InChI=1S/Fe.Ir.4H2O/h;;4*1H2/q;+4;;;;/p-4. The third-order valence-electron chi connectivity index (χ3n) is 0. The summed E-state index contributed by atoms with van der Waals surface area (Å²) in [5.41, 5.74) is 0. The second-order valence-corrected chi connectivity index (χ2v) is 3.27. The first-order chi connectivity index (χ1) is 2.00. The molecule has 0 aromatic carbocycles. The van der Waals surface area contributed by atoms with E-state index in [0.717, 1.165) is 0 Å². The van der Waals surface area contributed by atoms with Gasteiger partial charge < -0.3 is 0 Å². The molecular formula is H4FeIrO4. The van der Waals surface area contributed by atoms with E-state index in [9.17, 15) is 0 Å². The van der Waals surface area contributed by atoms with E-state index in [0.29, 0.717) is 0 Å². The molecule has 0 aromatic rings. The molecule has 0 heterocycles. The van der Waals surface area contributed by atoms with Crippen molar-refractivity contribution >= 4 is 0 Å². The molecule has 0 saturated carbocycles. The van der Waals surface area contributed by atoms with E-state index in [1.165, 1.54) is 0 Å². The SMILES string of the molecule is [Fe].[OH][Ir]([OH])([OH])[OH]. The van der Waals surface area contributed by atoms with E-state index in [-0.39, 0.29) is 17.1 Å². The Hall–Kier alpha value is 1.01. The molecule has 4 N–H and O–H groups in total. The fourth-order valence-electron chi connectivity index (χ4n) is 0. The molecule has 0 rings (SSSR count). The van der Waals surface area contributed by atoms with E-state index in [2.05, 4.69) is 0 Å². The maximum absolute atomic E-state index is 7.38. The summed E-state index contributed by atoms with van der Waals surface area (Å²) in [6.07, 6.45) is 0. The Morgan fingerprint density at radius 3 is 0.833 bits per heavy atom. The Kier molecular flexibility index (Phi) is 5.16. The van der Waals surface area contributed by atoms with Gasteiger partial charge in [-0.25, -0.2) is 0 Å². The molecule has 4 nitrogen and oxygen atoms in total. The fraction of sp³-hybridized carbons (Fsp3) is 0. The van der Waals surface area contributed by atoms with Gasteiger partial charge in [0.25, 0.3) is 0 Å². The Morgan fingerprint density at radius 1 is 0.833 bits per heavy atom. The van der Waals surface area contributed by atoms with Crippen molar-refractivity contribution in [3.05, 3.63) is 0 Å². The summed E-state index contributed by atoms with van der Waals surface area (Å²) >= 11 is -5.00. The first-order valence-electron chi connectivity index (χ1n) is 0.596. The first-order valence-corrected chi connectivity index (χ1v) is 4.88.